The van der Waals surface area contributed by atoms with Gasteiger partial charge in [-0.25, -0.2) is 9.97 Å². The summed E-state index contributed by atoms with van der Waals surface area (Å²) in [5.74, 6) is -0.000255. The second-order valence-electron chi connectivity index (χ2n) is 3.93. The minimum atomic E-state index is -0.294. The molecule has 0 bridgehead atoms. The first kappa shape index (κ1) is 16.1. The number of hydrogen-bond acceptors (Lipinski definition) is 8. The number of nitrogens with two attached hydrogens (primary N) is 1. The lowest BCUT2D eigenvalue weighted by Gasteiger charge is -2.08. The maximum Gasteiger partial charge on any atom is 0.235 e. The summed E-state index contributed by atoms with van der Waals surface area (Å²) in [6, 6.07) is 7.45. The Morgan fingerprint density at radius 3 is 2.91 bits per heavy atom. The third-order valence-corrected chi connectivity index (χ3v) is 4.07. The highest BCUT2D eigenvalue weighted by Gasteiger charge is 2.15. The van der Waals surface area contributed by atoms with Crippen LogP contribution >= 0.6 is 23.5 Å². The predicted octanol–water partition coefficient (Wildman–Crippen LogP) is 1.78. The van der Waals surface area contributed by atoms with Gasteiger partial charge < -0.3 is 11.1 Å². The molecule has 112 valence electrons. The fraction of sp³-hybridized carbons (Fsp3) is 0.154. The molecule has 0 aliphatic carbocycles. The topological polar surface area (TPSA) is 118 Å². The van der Waals surface area contributed by atoms with Crippen LogP contribution in [0.5, 0.6) is 0 Å². The van der Waals surface area contributed by atoms with Crippen molar-refractivity contribution in [3.8, 4) is 6.07 Å². The molecule has 2 rings (SSSR count). The van der Waals surface area contributed by atoms with Crippen molar-refractivity contribution in [1.29, 1.82) is 5.26 Å². The first-order chi connectivity index (χ1) is 10.6. The Hall–Kier alpha value is -2.31. The van der Waals surface area contributed by atoms with Crippen LogP contribution < -0.4 is 11.1 Å². The van der Waals surface area contributed by atoms with Crippen LogP contribution in [0.1, 0.15) is 5.56 Å². The van der Waals surface area contributed by atoms with Gasteiger partial charge in [0.25, 0.3) is 0 Å². The molecule has 0 saturated heterocycles. The molecule has 1 amide bonds. The van der Waals surface area contributed by atoms with E-state index >= 15 is 0 Å². The highest BCUT2D eigenvalue weighted by Crippen LogP contribution is 2.24. The molecule has 0 aromatic carbocycles. The second-order valence-corrected chi connectivity index (χ2v) is 5.72. The Bertz CT molecular complexity index is 716. The van der Waals surface area contributed by atoms with Crippen LogP contribution in [0, 0.1) is 11.3 Å². The molecule has 0 saturated carbocycles. The number of nitrogens with zero attached hydrogens (tertiary/aromatic N) is 4. The van der Waals surface area contributed by atoms with Gasteiger partial charge in [0.1, 0.15) is 16.7 Å². The van der Waals surface area contributed by atoms with Gasteiger partial charge >= 0.3 is 0 Å². The molecule has 0 fully saturated rings. The van der Waals surface area contributed by atoms with Crippen molar-refractivity contribution in [2.45, 2.75) is 10.1 Å². The Morgan fingerprint density at radius 2 is 2.27 bits per heavy atom. The zero-order chi connectivity index (χ0) is 15.9. The van der Waals surface area contributed by atoms with Crippen molar-refractivity contribution in [3.05, 3.63) is 30.0 Å². The third-order valence-electron chi connectivity index (χ3n) is 2.44. The van der Waals surface area contributed by atoms with E-state index in [-0.39, 0.29) is 29.0 Å². The molecule has 2 aromatic heterocycles. The summed E-state index contributed by atoms with van der Waals surface area (Å²) >= 11 is 2.55. The first-order valence-corrected chi connectivity index (χ1v) is 8.30. The Balaban J connectivity index is 2.08. The van der Waals surface area contributed by atoms with Crippen LogP contribution in [0.4, 0.5) is 11.8 Å². The van der Waals surface area contributed by atoms with Crippen molar-refractivity contribution in [2.24, 2.45) is 0 Å². The molecule has 0 radical (unpaired) electrons. The van der Waals surface area contributed by atoms with Crippen LogP contribution in [0.2, 0.25) is 0 Å². The highest BCUT2D eigenvalue weighted by atomic mass is 32.2. The van der Waals surface area contributed by atoms with Crippen molar-refractivity contribution in [2.75, 3.05) is 23.1 Å². The molecule has 0 aliphatic heterocycles. The molecule has 3 N–H and O–H groups in total. The van der Waals surface area contributed by atoms with E-state index in [2.05, 4.69) is 20.3 Å². The van der Waals surface area contributed by atoms with Gasteiger partial charge in [0.2, 0.25) is 11.9 Å². The van der Waals surface area contributed by atoms with Gasteiger partial charge in [0.15, 0.2) is 5.82 Å². The van der Waals surface area contributed by atoms with E-state index in [9.17, 15) is 10.1 Å². The average molecular weight is 332 g/mol. The zero-order valence-electron chi connectivity index (χ0n) is 11.6. The van der Waals surface area contributed by atoms with Crippen molar-refractivity contribution in [3.63, 3.8) is 0 Å². The summed E-state index contributed by atoms with van der Waals surface area (Å²) < 4.78 is 0. The maximum absolute atomic E-state index is 12.0. The van der Waals surface area contributed by atoms with Crippen LogP contribution in [-0.2, 0) is 4.79 Å². The smallest absolute Gasteiger partial charge is 0.235 e. The number of aromatic nitrogens is 3. The largest absolute Gasteiger partial charge is 0.368 e. The number of carbonyl (C=O) groups is 1. The second kappa shape index (κ2) is 7.63. The van der Waals surface area contributed by atoms with Crippen molar-refractivity contribution >= 4 is 41.2 Å². The highest BCUT2D eigenvalue weighted by molar-refractivity contribution is 8.00. The van der Waals surface area contributed by atoms with E-state index < -0.39 is 0 Å². The number of pyridine rings is 1. The molecule has 0 aliphatic rings. The monoisotopic (exact) mass is 332 g/mol. The molecule has 0 spiro atoms. The molecular formula is C13H12N6OS2. The number of nitriles is 1. The Morgan fingerprint density at radius 1 is 1.45 bits per heavy atom. The van der Waals surface area contributed by atoms with Gasteiger partial charge in [-0.05, 0) is 18.4 Å². The number of anilines is 2. The summed E-state index contributed by atoms with van der Waals surface area (Å²) in [5, 5.41) is 13.0. The van der Waals surface area contributed by atoms with Gasteiger partial charge in [0.05, 0.1) is 10.8 Å². The lowest BCUT2D eigenvalue weighted by molar-refractivity contribution is -0.113. The van der Waals surface area contributed by atoms with Gasteiger partial charge in [-0.3, -0.25) is 4.79 Å². The van der Waals surface area contributed by atoms with Crippen molar-refractivity contribution in [1.82, 2.24) is 15.0 Å². The minimum Gasteiger partial charge on any atom is -0.368 e. The molecule has 0 atom stereocenters. The predicted molar refractivity (Wildman–Crippen MR) is 86.5 cm³/mol. The lowest BCUT2D eigenvalue weighted by atomic mass is 10.3. The number of amides is 1. The first-order valence-electron chi connectivity index (χ1n) is 6.09. The fourth-order valence-corrected chi connectivity index (χ4v) is 2.73. The third kappa shape index (κ3) is 4.09. The number of nitrogen functional groups attached to an aromatic ring is 1. The lowest BCUT2D eigenvalue weighted by Crippen LogP contribution is -2.17. The normalized spacial score (nSPS) is 10.0. The average Bonchev–Trinajstić information content (AvgIpc) is 2.53. The summed E-state index contributed by atoms with van der Waals surface area (Å²) in [4.78, 5) is 24.0. The molecule has 2 heterocycles. The van der Waals surface area contributed by atoms with Crippen LogP contribution in [0.25, 0.3) is 0 Å². The standard InChI is InChI=1S/C13H12N6OS2/c1-21-12-8(6-14)11(18-13(15)19-12)17-9(20)7-22-10-4-2-3-5-16-10/h2-5H,7H2,1H3,(H3,15,17,18,19,20). The number of rotatable bonds is 5. The molecular weight excluding hydrogens is 320 g/mol. The Labute approximate surface area is 135 Å². The van der Waals surface area contributed by atoms with E-state index in [0.717, 1.165) is 5.03 Å². The van der Waals surface area contributed by atoms with E-state index in [0.29, 0.717) is 5.03 Å². The quantitative estimate of drug-likeness (QED) is 0.628. The zero-order valence-corrected chi connectivity index (χ0v) is 13.2. The number of hydrogen-bond donors (Lipinski definition) is 2. The molecule has 9 heteroatoms. The van der Waals surface area contributed by atoms with Crippen LogP contribution in [0.3, 0.4) is 0 Å². The van der Waals surface area contributed by atoms with Crippen LogP contribution in [-0.4, -0.2) is 32.9 Å². The summed E-state index contributed by atoms with van der Waals surface area (Å²) in [6.45, 7) is 0. The van der Waals surface area contributed by atoms with Gasteiger partial charge in [-0.1, -0.05) is 17.8 Å². The SMILES string of the molecule is CSc1nc(N)nc(NC(=O)CSc2ccccn2)c1C#N. The van der Waals surface area contributed by atoms with E-state index in [1.807, 2.05) is 18.2 Å². The van der Waals surface area contributed by atoms with Gasteiger partial charge in [0, 0.05) is 6.20 Å². The minimum absolute atomic E-state index is 0.0102. The molecule has 7 nitrogen and oxygen atoms in total. The van der Waals surface area contributed by atoms with Crippen LogP contribution in [0.15, 0.2) is 34.4 Å². The van der Waals surface area contributed by atoms with E-state index in [4.69, 9.17) is 5.73 Å². The summed E-state index contributed by atoms with van der Waals surface area (Å²) in [6.07, 6.45) is 3.43. The van der Waals surface area contributed by atoms with E-state index in [1.54, 1.807) is 18.5 Å². The molecule has 2 aromatic rings. The molecule has 22 heavy (non-hydrogen) atoms. The fourth-order valence-electron chi connectivity index (χ4n) is 1.54. The van der Waals surface area contributed by atoms with Gasteiger partial charge in [-0.2, -0.15) is 10.2 Å². The van der Waals surface area contributed by atoms with Gasteiger partial charge in [-0.15, -0.1) is 11.8 Å². The molecule has 0 unspecified atom stereocenters. The Kier molecular flexibility index (Phi) is 5.57. The maximum atomic E-state index is 12.0. The number of nitrogens with one attached hydrogen (secondary N) is 1. The summed E-state index contributed by atoms with van der Waals surface area (Å²) in [7, 11) is 0. The number of thioether (sulfide) groups is 2. The van der Waals surface area contributed by atoms with Crippen molar-refractivity contribution < 1.29 is 4.79 Å². The summed E-state index contributed by atoms with van der Waals surface area (Å²) in [5.41, 5.74) is 5.79. The van der Waals surface area contributed by atoms with E-state index in [1.165, 1.54) is 23.5 Å². The number of carbonyl (C=O) groups excluding carboxylic acids is 1.